The van der Waals surface area contributed by atoms with Crippen LogP contribution in [0.3, 0.4) is 0 Å². The van der Waals surface area contributed by atoms with E-state index < -0.39 is 44.9 Å². The standard InChI is InChI=1S/C8Cl12O4Si/c9-5(10,11)1(21)25(2(22)6(12,13)14,3(23)7(15,16)17)4(24)8(18,19)20. The van der Waals surface area contributed by atoms with E-state index in [-0.39, 0.29) is 0 Å². The minimum Gasteiger partial charge on any atom is -0.299 e. The van der Waals surface area contributed by atoms with E-state index in [1.54, 1.807) is 0 Å². The van der Waals surface area contributed by atoms with Crippen LogP contribution in [0.5, 0.6) is 0 Å². The lowest BCUT2D eigenvalue weighted by molar-refractivity contribution is -0.122. The number of halogens is 12. The Kier molecular flexibility index (Phi) is 9.45. The van der Waals surface area contributed by atoms with Crippen LogP contribution in [-0.2, 0) is 19.2 Å². The van der Waals surface area contributed by atoms with Crippen molar-refractivity contribution in [2.75, 3.05) is 0 Å². The predicted molar refractivity (Wildman–Crippen MR) is 107 cm³/mol. The molecule has 0 saturated carbocycles. The summed E-state index contributed by atoms with van der Waals surface area (Å²) in [6.45, 7) is 0. The van der Waals surface area contributed by atoms with Gasteiger partial charge < -0.3 is 0 Å². The Labute approximate surface area is 201 Å². The molecule has 0 unspecified atom stereocenters. The van der Waals surface area contributed by atoms with Gasteiger partial charge in [-0.3, -0.25) is 19.2 Å². The van der Waals surface area contributed by atoms with Gasteiger partial charge in [0.15, 0.2) is 21.6 Å². The molecule has 0 spiro atoms. The van der Waals surface area contributed by atoms with Gasteiger partial charge in [0, 0.05) is 0 Å². The van der Waals surface area contributed by atoms with Gasteiger partial charge in [0.25, 0.3) is 0 Å². The van der Waals surface area contributed by atoms with Crippen molar-refractivity contribution < 1.29 is 19.2 Å². The Balaban J connectivity index is 7.24. The molecule has 0 rings (SSSR count). The molecular weight excluding hydrogens is 614 g/mol. The zero-order valence-electron chi connectivity index (χ0n) is 10.7. The zero-order valence-corrected chi connectivity index (χ0v) is 20.7. The molecule has 0 aromatic rings. The average molecular weight is 614 g/mol. The number of hydrogen-bond donors (Lipinski definition) is 0. The van der Waals surface area contributed by atoms with Crippen LogP contribution in [0.15, 0.2) is 0 Å². The molecule has 0 fully saturated rings. The van der Waals surface area contributed by atoms with Gasteiger partial charge in [-0.2, -0.15) is 0 Å². The lowest BCUT2D eigenvalue weighted by Gasteiger charge is -2.33. The molecular formula is C8Cl12O4Si. The van der Waals surface area contributed by atoms with Crippen molar-refractivity contribution in [3.63, 3.8) is 0 Å². The number of carbonyl (C=O) groups is 4. The summed E-state index contributed by atoms with van der Waals surface area (Å²) >= 11 is 65.1. The van der Waals surface area contributed by atoms with Crippen molar-refractivity contribution in [3.8, 4) is 0 Å². The van der Waals surface area contributed by atoms with E-state index in [1.807, 2.05) is 0 Å². The molecule has 144 valence electrons. The summed E-state index contributed by atoms with van der Waals surface area (Å²) in [7, 11) is -5.89. The summed E-state index contributed by atoms with van der Waals surface area (Å²) in [6.07, 6.45) is 0. The van der Waals surface area contributed by atoms with Gasteiger partial charge in [-0.25, -0.2) is 0 Å². The maximum absolute atomic E-state index is 12.6. The zero-order chi connectivity index (χ0) is 20.8. The third kappa shape index (κ3) is 6.18. The summed E-state index contributed by atoms with van der Waals surface area (Å²) in [5.74, 6) is 0. The van der Waals surface area contributed by atoms with Crippen molar-refractivity contribution in [3.05, 3.63) is 0 Å². The first kappa shape index (κ1) is 27.4. The third-order valence-corrected chi connectivity index (χ3v) is 10.6. The molecule has 0 aliphatic rings. The van der Waals surface area contributed by atoms with Crippen LogP contribution in [0.4, 0.5) is 0 Å². The maximum Gasteiger partial charge on any atom is 0.370 e. The van der Waals surface area contributed by atoms with Crippen molar-refractivity contribution in [1.29, 1.82) is 0 Å². The van der Waals surface area contributed by atoms with E-state index in [0.717, 1.165) is 0 Å². The van der Waals surface area contributed by atoms with Gasteiger partial charge in [0.05, 0.1) is 0 Å². The lowest BCUT2D eigenvalue weighted by atomic mass is 10.8. The van der Waals surface area contributed by atoms with Crippen molar-refractivity contribution in [2.24, 2.45) is 0 Å². The Morgan fingerprint density at radius 3 is 0.600 bits per heavy atom. The molecule has 0 aromatic carbocycles. The topological polar surface area (TPSA) is 68.3 Å². The third-order valence-electron chi connectivity index (χ3n) is 2.39. The molecule has 17 heteroatoms. The van der Waals surface area contributed by atoms with Crippen LogP contribution in [0.2, 0.25) is 0 Å². The van der Waals surface area contributed by atoms with Crippen LogP contribution in [0, 0.1) is 0 Å². The first-order valence-corrected chi connectivity index (χ1v) is 11.6. The summed E-state index contributed by atoms with van der Waals surface area (Å²) in [5, 5.41) is -7.74. The van der Waals surface area contributed by atoms with E-state index in [4.69, 9.17) is 139 Å². The minimum absolute atomic E-state index is 1.94. The highest BCUT2D eigenvalue weighted by molar-refractivity contribution is 7.59. The second-order valence-electron chi connectivity index (χ2n) is 4.06. The van der Waals surface area contributed by atoms with Crippen LogP contribution >= 0.6 is 139 Å². The number of carbonyl (C=O) groups excluding carboxylic acids is 4. The van der Waals surface area contributed by atoms with Gasteiger partial charge in [-0.15, -0.1) is 0 Å². The maximum atomic E-state index is 12.6. The largest absolute Gasteiger partial charge is 0.370 e. The molecule has 0 atom stereocenters. The van der Waals surface area contributed by atoms with E-state index >= 15 is 0 Å². The second kappa shape index (κ2) is 8.63. The monoisotopic (exact) mass is 608 g/mol. The van der Waals surface area contributed by atoms with Gasteiger partial charge in [0.2, 0.25) is 15.2 Å². The first-order chi connectivity index (χ1) is 10.6. The summed E-state index contributed by atoms with van der Waals surface area (Å²) < 4.78 is -12.2. The molecule has 0 heterocycles. The first-order valence-electron chi connectivity index (χ1n) is 5.08. The fourth-order valence-corrected chi connectivity index (χ4v) is 9.51. The molecule has 0 saturated heterocycles. The van der Waals surface area contributed by atoms with Crippen LogP contribution in [-0.4, -0.2) is 44.9 Å². The fraction of sp³-hybridized carbons (Fsp3) is 0.500. The number of rotatable bonds is 4. The molecule has 25 heavy (non-hydrogen) atoms. The Morgan fingerprint density at radius 2 is 0.520 bits per heavy atom. The quantitative estimate of drug-likeness (QED) is 0.317. The molecule has 0 amide bonds. The van der Waals surface area contributed by atoms with Gasteiger partial charge in [-0.1, -0.05) is 139 Å². The van der Waals surface area contributed by atoms with Crippen molar-refractivity contribution in [2.45, 2.75) is 15.2 Å². The van der Waals surface area contributed by atoms with E-state index in [1.165, 1.54) is 0 Å². The van der Waals surface area contributed by atoms with Crippen LogP contribution in [0.1, 0.15) is 0 Å². The fourth-order valence-electron chi connectivity index (χ4n) is 1.47. The summed E-state index contributed by atoms with van der Waals surface area (Å²) in [5.41, 5.74) is 0. The van der Waals surface area contributed by atoms with E-state index in [9.17, 15) is 19.2 Å². The number of hydrogen-bond acceptors (Lipinski definition) is 4. The van der Waals surface area contributed by atoms with Gasteiger partial charge in [-0.05, 0) is 0 Å². The summed E-state index contributed by atoms with van der Waals surface area (Å²) in [6, 6.07) is 0. The number of alkyl halides is 12. The molecule has 0 N–H and O–H groups in total. The SMILES string of the molecule is O=C(C(Cl)(Cl)Cl)[Si](C(=O)C(Cl)(Cl)Cl)(C(=O)C(Cl)(Cl)Cl)C(=O)C(Cl)(Cl)Cl. The molecule has 0 aromatic heterocycles. The van der Waals surface area contributed by atoms with Crippen LogP contribution in [0.25, 0.3) is 0 Å². The molecule has 0 aliphatic carbocycles. The molecule has 0 aliphatic heterocycles. The molecule has 0 radical (unpaired) electrons. The highest BCUT2D eigenvalue weighted by Gasteiger charge is 2.75. The molecule has 4 nitrogen and oxygen atoms in total. The minimum atomic E-state index is -5.89. The lowest BCUT2D eigenvalue weighted by Crippen LogP contribution is -2.75. The Hall–Kier alpha value is 2.38. The highest BCUT2D eigenvalue weighted by atomic mass is 35.6. The molecule has 0 bridgehead atoms. The average Bonchev–Trinajstić information content (AvgIpc) is 2.34. The van der Waals surface area contributed by atoms with E-state index in [2.05, 4.69) is 0 Å². The van der Waals surface area contributed by atoms with Crippen LogP contribution < -0.4 is 0 Å². The van der Waals surface area contributed by atoms with E-state index in [0.29, 0.717) is 0 Å². The van der Waals surface area contributed by atoms with Crippen molar-refractivity contribution >= 4 is 169 Å². The smallest absolute Gasteiger partial charge is 0.299 e. The Bertz CT molecular complexity index is 497. The normalized spacial score (nSPS) is 14.2. The second-order valence-corrected chi connectivity index (χ2v) is 16.5. The Morgan fingerprint density at radius 1 is 0.400 bits per heavy atom. The predicted octanol–water partition coefficient (Wildman–Crippen LogP) is 5.35. The van der Waals surface area contributed by atoms with Gasteiger partial charge in [0.1, 0.15) is 0 Å². The van der Waals surface area contributed by atoms with Crippen molar-refractivity contribution in [1.82, 2.24) is 0 Å². The highest BCUT2D eigenvalue weighted by Crippen LogP contribution is 2.45. The summed E-state index contributed by atoms with van der Waals surface area (Å²) in [4.78, 5) is 50.5. The van der Waals surface area contributed by atoms with Gasteiger partial charge >= 0.3 is 8.07 Å².